The Morgan fingerprint density at radius 1 is 1.33 bits per heavy atom. The standard InChI is InChI=1S/C19H21ClF2N4O/c1-11-13-3-2-4-14(13)18(21)19(22)15(11)9-25(17(27)8-20)12-5-6-26-16(7-12)23-10-24-26/h10,12H,2-9H2,1H3. The highest BCUT2D eigenvalue weighted by Gasteiger charge is 2.32. The molecule has 1 unspecified atom stereocenters. The SMILES string of the molecule is Cc1c(CN(C(=O)CCl)C2CCn3ncnc3C2)c(F)c(F)c2c1CCC2. The van der Waals surface area contributed by atoms with Gasteiger partial charge in [-0.2, -0.15) is 5.10 Å². The predicted molar refractivity (Wildman–Crippen MR) is 96.5 cm³/mol. The fraction of sp³-hybridized carbons (Fsp3) is 0.526. The van der Waals surface area contributed by atoms with E-state index < -0.39 is 11.6 Å². The molecule has 1 aliphatic carbocycles. The average Bonchev–Trinajstić information content (AvgIpc) is 3.34. The Morgan fingerprint density at radius 2 is 2.11 bits per heavy atom. The molecule has 2 aromatic rings. The van der Waals surface area contributed by atoms with E-state index in [4.69, 9.17) is 11.6 Å². The molecule has 4 rings (SSSR count). The minimum Gasteiger partial charge on any atom is -0.334 e. The van der Waals surface area contributed by atoms with Crippen LogP contribution in [-0.4, -0.2) is 37.5 Å². The van der Waals surface area contributed by atoms with Crippen LogP contribution in [0.15, 0.2) is 6.33 Å². The van der Waals surface area contributed by atoms with Gasteiger partial charge in [-0.3, -0.25) is 4.79 Å². The van der Waals surface area contributed by atoms with E-state index in [1.54, 1.807) is 9.58 Å². The first-order valence-electron chi connectivity index (χ1n) is 9.21. The van der Waals surface area contributed by atoms with Gasteiger partial charge in [0.05, 0.1) is 0 Å². The van der Waals surface area contributed by atoms with Crippen LogP contribution in [0.1, 0.15) is 40.9 Å². The zero-order valence-electron chi connectivity index (χ0n) is 15.1. The third-order valence-electron chi connectivity index (χ3n) is 5.84. The van der Waals surface area contributed by atoms with Crippen molar-refractivity contribution in [3.8, 4) is 0 Å². The fourth-order valence-electron chi connectivity index (χ4n) is 4.35. The van der Waals surface area contributed by atoms with E-state index in [-0.39, 0.29) is 29.9 Å². The van der Waals surface area contributed by atoms with Crippen LogP contribution in [0.2, 0.25) is 0 Å². The second-order valence-electron chi connectivity index (χ2n) is 7.24. The molecule has 0 fully saturated rings. The summed E-state index contributed by atoms with van der Waals surface area (Å²) in [5.74, 6) is -1.29. The Balaban J connectivity index is 1.68. The molecule has 1 atom stereocenters. The summed E-state index contributed by atoms with van der Waals surface area (Å²) in [6, 6.07) is -0.164. The Morgan fingerprint density at radius 3 is 2.89 bits per heavy atom. The van der Waals surface area contributed by atoms with Gasteiger partial charge >= 0.3 is 0 Å². The first kappa shape index (κ1) is 18.3. The van der Waals surface area contributed by atoms with Crippen LogP contribution in [0.5, 0.6) is 0 Å². The van der Waals surface area contributed by atoms with Crippen LogP contribution in [0.25, 0.3) is 0 Å². The van der Waals surface area contributed by atoms with Crippen LogP contribution in [-0.2, 0) is 37.1 Å². The number of rotatable bonds is 4. The molecule has 2 heterocycles. The van der Waals surface area contributed by atoms with Crippen molar-refractivity contribution in [2.45, 2.75) is 58.2 Å². The number of nitrogens with zero attached hydrogens (tertiary/aromatic N) is 4. The Hall–Kier alpha value is -2.02. The number of aromatic nitrogens is 3. The quantitative estimate of drug-likeness (QED) is 0.749. The zero-order valence-corrected chi connectivity index (χ0v) is 15.9. The van der Waals surface area contributed by atoms with Gasteiger partial charge in [0.25, 0.3) is 0 Å². The van der Waals surface area contributed by atoms with Crippen LogP contribution in [0, 0.1) is 18.6 Å². The van der Waals surface area contributed by atoms with E-state index in [0.29, 0.717) is 31.4 Å². The fourth-order valence-corrected chi connectivity index (χ4v) is 4.50. The molecule has 8 heteroatoms. The van der Waals surface area contributed by atoms with Gasteiger partial charge < -0.3 is 4.90 Å². The Kier molecular flexibility index (Phi) is 4.88. The van der Waals surface area contributed by atoms with E-state index in [1.165, 1.54) is 6.33 Å². The molecule has 0 saturated heterocycles. The van der Waals surface area contributed by atoms with Gasteiger partial charge in [-0.15, -0.1) is 11.6 Å². The number of carbonyl (C=O) groups is 1. The molecule has 0 radical (unpaired) electrons. The van der Waals surface area contributed by atoms with Gasteiger partial charge in [-0.25, -0.2) is 18.4 Å². The van der Waals surface area contributed by atoms with Crippen molar-refractivity contribution in [1.29, 1.82) is 0 Å². The lowest BCUT2D eigenvalue weighted by Crippen LogP contribution is -2.45. The molecule has 0 spiro atoms. The lowest BCUT2D eigenvalue weighted by Gasteiger charge is -2.34. The first-order valence-corrected chi connectivity index (χ1v) is 9.75. The Bertz CT molecular complexity index is 898. The van der Waals surface area contributed by atoms with Crippen molar-refractivity contribution in [3.63, 3.8) is 0 Å². The van der Waals surface area contributed by atoms with Crippen molar-refractivity contribution >= 4 is 17.5 Å². The molecule has 0 N–H and O–H groups in total. The van der Waals surface area contributed by atoms with E-state index >= 15 is 0 Å². The van der Waals surface area contributed by atoms with E-state index in [2.05, 4.69) is 10.1 Å². The third kappa shape index (κ3) is 3.12. The van der Waals surface area contributed by atoms with Crippen molar-refractivity contribution in [2.75, 3.05) is 5.88 Å². The molecule has 1 aliphatic heterocycles. The van der Waals surface area contributed by atoms with E-state index in [1.807, 2.05) is 6.92 Å². The Labute approximate surface area is 161 Å². The van der Waals surface area contributed by atoms with Crippen LogP contribution >= 0.6 is 11.6 Å². The van der Waals surface area contributed by atoms with Crippen molar-refractivity contribution in [1.82, 2.24) is 19.7 Å². The van der Waals surface area contributed by atoms with Gasteiger partial charge in [-0.1, -0.05) is 0 Å². The minimum absolute atomic E-state index is 0.0201. The third-order valence-corrected chi connectivity index (χ3v) is 6.07. The maximum Gasteiger partial charge on any atom is 0.238 e. The number of aryl methyl sites for hydroxylation is 1. The number of halogens is 3. The highest BCUT2D eigenvalue weighted by Crippen LogP contribution is 2.33. The highest BCUT2D eigenvalue weighted by atomic mass is 35.5. The van der Waals surface area contributed by atoms with Crippen LogP contribution < -0.4 is 0 Å². The molecule has 0 saturated carbocycles. The molecule has 27 heavy (non-hydrogen) atoms. The summed E-state index contributed by atoms with van der Waals surface area (Å²) in [6.07, 6.45) is 4.84. The number of hydrogen-bond acceptors (Lipinski definition) is 3. The topological polar surface area (TPSA) is 51.0 Å². The van der Waals surface area contributed by atoms with E-state index in [0.717, 1.165) is 29.8 Å². The number of alkyl halides is 1. The summed E-state index contributed by atoms with van der Waals surface area (Å²) in [7, 11) is 0. The normalized spacial score (nSPS) is 18.3. The maximum atomic E-state index is 14.8. The molecule has 1 aromatic carbocycles. The molecule has 2 aliphatic rings. The average molecular weight is 395 g/mol. The number of benzene rings is 1. The smallest absolute Gasteiger partial charge is 0.238 e. The van der Waals surface area contributed by atoms with Crippen LogP contribution in [0.3, 0.4) is 0 Å². The summed E-state index contributed by atoms with van der Waals surface area (Å²) in [5, 5.41) is 4.15. The molecule has 0 bridgehead atoms. The van der Waals surface area contributed by atoms with Gasteiger partial charge in [0.2, 0.25) is 5.91 Å². The second-order valence-corrected chi connectivity index (χ2v) is 7.51. The summed E-state index contributed by atoms with van der Waals surface area (Å²) in [5.41, 5.74) is 2.41. The summed E-state index contributed by atoms with van der Waals surface area (Å²) < 4.78 is 31.2. The van der Waals surface area contributed by atoms with Gasteiger partial charge in [-0.05, 0) is 49.3 Å². The molecular formula is C19H21ClF2N4O. The molecular weight excluding hydrogens is 374 g/mol. The van der Waals surface area contributed by atoms with Crippen molar-refractivity contribution < 1.29 is 13.6 Å². The van der Waals surface area contributed by atoms with Gasteiger partial charge in [0.1, 0.15) is 18.0 Å². The maximum absolute atomic E-state index is 14.8. The highest BCUT2D eigenvalue weighted by molar-refractivity contribution is 6.27. The summed E-state index contributed by atoms with van der Waals surface area (Å²) >= 11 is 5.82. The molecule has 5 nitrogen and oxygen atoms in total. The molecule has 1 aromatic heterocycles. The monoisotopic (exact) mass is 394 g/mol. The van der Waals surface area contributed by atoms with Gasteiger partial charge in [0.15, 0.2) is 11.6 Å². The second kappa shape index (κ2) is 7.19. The predicted octanol–water partition coefficient (Wildman–Crippen LogP) is 2.94. The number of fused-ring (bicyclic) bond motifs is 2. The first-order chi connectivity index (χ1) is 13.0. The van der Waals surface area contributed by atoms with Crippen LogP contribution in [0.4, 0.5) is 8.78 Å². The summed E-state index contributed by atoms with van der Waals surface area (Å²) in [4.78, 5) is 18.3. The number of carbonyl (C=O) groups excluding carboxylic acids is 1. The van der Waals surface area contributed by atoms with Gasteiger partial charge in [0, 0.05) is 31.1 Å². The minimum atomic E-state index is -0.834. The lowest BCUT2D eigenvalue weighted by molar-refractivity contribution is -0.132. The largest absolute Gasteiger partial charge is 0.334 e. The zero-order chi connectivity index (χ0) is 19.1. The van der Waals surface area contributed by atoms with Crippen molar-refractivity contribution in [3.05, 3.63) is 46.0 Å². The summed E-state index contributed by atoms with van der Waals surface area (Å²) in [6.45, 7) is 2.47. The molecule has 144 valence electrons. The number of amides is 1. The molecule has 1 amide bonds. The lowest BCUT2D eigenvalue weighted by atomic mass is 9.95. The van der Waals surface area contributed by atoms with Crippen molar-refractivity contribution in [2.24, 2.45) is 0 Å². The van der Waals surface area contributed by atoms with E-state index in [9.17, 15) is 13.6 Å². The number of hydrogen-bond donors (Lipinski definition) is 0.